The molecule has 7 nitrogen and oxygen atoms in total. The van der Waals surface area contributed by atoms with E-state index >= 15 is 0 Å². The van der Waals surface area contributed by atoms with Crippen LogP contribution in [-0.2, 0) is 33.1 Å². The molecule has 1 aromatic heterocycles. The summed E-state index contributed by atoms with van der Waals surface area (Å²) in [6, 6.07) is 12.7. The molecule has 0 saturated heterocycles. The molecule has 1 atom stereocenters. The standard InChI is InChI=1S/C24H27N3O4S2.H2/c1-24(2,3)18-5-7-20(8-6-18)31-15-22(28)26-19-12-16-4-9-21(14-17(16)13-19)33(29,30)27-23-25-10-11-32-23;/h4-11,14,19H,12-13,15H2,1-3H3,(H,25,27)(H,26,28);1H. The number of carbonyl (C=O) groups excluding carboxylic acids is 1. The van der Waals surface area contributed by atoms with E-state index in [1.165, 1.54) is 16.9 Å². The van der Waals surface area contributed by atoms with Crippen LogP contribution < -0.4 is 14.8 Å². The fourth-order valence-electron chi connectivity index (χ4n) is 3.78. The Kier molecular flexibility index (Phi) is 6.45. The lowest BCUT2D eigenvalue weighted by molar-refractivity contribution is -0.123. The molecule has 1 aliphatic rings. The van der Waals surface area contributed by atoms with Gasteiger partial charge in [-0.3, -0.25) is 9.52 Å². The van der Waals surface area contributed by atoms with Crippen LogP contribution in [0, 0.1) is 0 Å². The Morgan fingerprint density at radius 3 is 2.55 bits per heavy atom. The maximum atomic E-state index is 12.6. The first-order chi connectivity index (χ1) is 15.6. The predicted octanol–water partition coefficient (Wildman–Crippen LogP) is 4.15. The van der Waals surface area contributed by atoms with E-state index in [4.69, 9.17) is 4.74 Å². The van der Waals surface area contributed by atoms with Gasteiger partial charge >= 0.3 is 0 Å². The first kappa shape index (κ1) is 23.3. The third-order valence-electron chi connectivity index (χ3n) is 5.53. The van der Waals surface area contributed by atoms with Gasteiger partial charge in [-0.1, -0.05) is 39.0 Å². The Balaban J connectivity index is 0.00000324. The molecule has 33 heavy (non-hydrogen) atoms. The van der Waals surface area contributed by atoms with Crippen LogP contribution in [0.15, 0.2) is 58.9 Å². The molecule has 176 valence electrons. The molecule has 2 aromatic carbocycles. The van der Waals surface area contributed by atoms with Gasteiger partial charge < -0.3 is 10.1 Å². The Hall–Kier alpha value is -2.91. The SMILES string of the molecule is CC(C)(C)c1ccc(OCC(=O)NC2Cc3ccc(S(=O)(=O)Nc4nccs4)cc3C2)cc1.[HH]. The Morgan fingerprint density at radius 1 is 1.15 bits per heavy atom. The molecule has 4 rings (SSSR count). The van der Waals surface area contributed by atoms with E-state index in [0.717, 1.165) is 11.1 Å². The number of hydrogen-bond donors (Lipinski definition) is 2. The van der Waals surface area contributed by atoms with Gasteiger partial charge in [0.05, 0.1) is 4.90 Å². The number of sulfonamides is 1. The van der Waals surface area contributed by atoms with Crippen molar-refractivity contribution in [1.82, 2.24) is 10.3 Å². The second-order valence-corrected chi connectivity index (χ2v) is 11.7. The number of benzene rings is 2. The highest BCUT2D eigenvalue weighted by Gasteiger charge is 2.26. The topological polar surface area (TPSA) is 97.4 Å². The zero-order valence-corrected chi connectivity index (χ0v) is 20.4. The van der Waals surface area contributed by atoms with Crippen LogP contribution in [-0.4, -0.2) is 32.0 Å². The Bertz CT molecular complexity index is 1240. The molecule has 2 N–H and O–H groups in total. The quantitative estimate of drug-likeness (QED) is 0.522. The summed E-state index contributed by atoms with van der Waals surface area (Å²) in [6.45, 7) is 6.36. The summed E-state index contributed by atoms with van der Waals surface area (Å²) in [5.74, 6) is 0.446. The molecule has 1 amide bonds. The third kappa shape index (κ3) is 5.72. The number of amides is 1. The van der Waals surface area contributed by atoms with Crippen molar-refractivity contribution in [3.63, 3.8) is 0 Å². The van der Waals surface area contributed by atoms with Gasteiger partial charge in [-0.2, -0.15) is 0 Å². The van der Waals surface area contributed by atoms with Crippen LogP contribution >= 0.6 is 11.3 Å². The van der Waals surface area contributed by atoms with E-state index in [2.05, 4.69) is 35.8 Å². The van der Waals surface area contributed by atoms with Crippen molar-refractivity contribution in [1.29, 1.82) is 0 Å². The third-order valence-corrected chi connectivity index (χ3v) is 7.68. The van der Waals surface area contributed by atoms with Crippen LogP contribution in [0.3, 0.4) is 0 Å². The molecule has 9 heteroatoms. The number of nitrogens with zero attached hydrogens (tertiary/aromatic N) is 1. The van der Waals surface area contributed by atoms with Crippen LogP contribution in [0.1, 0.15) is 38.9 Å². The highest BCUT2D eigenvalue weighted by molar-refractivity contribution is 7.93. The fraction of sp³-hybridized carbons (Fsp3) is 0.333. The molecule has 1 aliphatic carbocycles. The summed E-state index contributed by atoms with van der Waals surface area (Å²) < 4.78 is 33.4. The zero-order chi connectivity index (χ0) is 23.6. The Labute approximate surface area is 199 Å². The normalized spacial score (nSPS) is 15.7. The molecule has 1 heterocycles. The van der Waals surface area contributed by atoms with Crippen molar-refractivity contribution in [3.8, 4) is 5.75 Å². The van der Waals surface area contributed by atoms with Crippen LogP contribution in [0.4, 0.5) is 5.13 Å². The zero-order valence-electron chi connectivity index (χ0n) is 18.8. The highest BCUT2D eigenvalue weighted by Crippen LogP contribution is 2.27. The molecule has 3 aromatic rings. The number of hydrogen-bond acceptors (Lipinski definition) is 6. The van der Waals surface area contributed by atoms with E-state index in [-0.39, 0.29) is 30.3 Å². The van der Waals surface area contributed by atoms with Crippen molar-refractivity contribution < 1.29 is 19.4 Å². The number of ether oxygens (including phenoxy) is 1. The minimum absolute atomic E-state index is 0. The smallest absolute Gasteiger partial charge is 0.263 e. The summed E-state index contributed by atoms with van der Waals surface area (Å²) in [7, 11) is -3.71. The summed E-state index contributed by atoms with van der Waals surface area (Å²) in [6.07, 6.45) is 2.77. The molecule has 1 unspecified atom stereocenters. The lowest BCUT2D eigenvalue weighted by atomic mass is 9.87. The van der Waals surface area contributed by atoms with Gasteiger partial charge in [0.2, 0.25) is 0 Å². The summed E-state index contributed by atoms with van der Waals surface area (Å²) >= 11 is 1.22. The molecule has 0 radical (unpaired) electrons. The van der Waals surface area contributed by atoms with Crippen LogP contribution in [0.25, 0.3) is 0 Å². The van der Waals surface area contributed by atoms with E-state index in [1.807, 2.05) is 30.3 Å². The lowest BCUT2D eigenvalue weighted by Gasteiger charge is -2.19. The molecular formula is C24H29N3O4S2. The number of carbonyl (C=O) groups is 1. The molecule has 0 aliphatic heterocycles. The number of fused-ring (bicyclic) bond motifs is 1. The summed E-state index contributed by atoms with van der Waals surface area (Å²) in [5.41, 5.74) is 3.21. The van der Waals surface area contributed by atoms with Crippen LogP contribution in [0.2, 0.25) is 0 Å². The van der Waals surface area contributed by atoms with Gasteiger partial charge in [0, 0.05) is 19.0 Å². The number of anilines is 1. The van der Waals surface area contributed by atoms with E-state index in [0.29, 0.717) is 23.7 Å². The molecule has 0 bridgehead atoms. The maximum absolute atomic E-state index is 12.6. The van der Waals surface area contributed by atoms with Crippen molar-refractivity contribution in [2.24, 2.45) is 0 Å². The molecule has 0 saturated carbocycles. The largest absolute Gasteiger partial charge is 0.484 e. The molecule has 0 spiro atoms. The van der Waals surface area contributed by atoms with Crippen molar-refractivity contribution >= 4 is 32.4 Å². The summed E-state index contributed by atoms with van der Waals surface area (Å²) in [5, 5.41) is 5.02. The number of aromatic nitrogens is 1. The van der Waals surface area contributed by atoms with Gasteiger partial charge in [0.1, 0.15) is 5.75 Å². The van der Waals surface area contributed by atoms with Crippen LogP contribution in [0.5, 0.6) is 5.75 Å². The monoisotopic (exact) mass is 487 g/mol. The van der Waals surface area contributed by atoms with Gasteiger partial charge in [-0.05, 0) is 59.2 Å². The van der Waals surface area contributed by atoms with Crippen molar-refractivity contribution in [2.75, 3.05) is 11.3 Å². The summed E-state index contributed by atoms with van der Waals surface area (Å²) in [4.78, 5) is 16.6. The predicted molar refractivity (Wildman–Crippen MR) is 131 cm³/mol. The lowest BCUT2D eigenvalue weighted by Crippen LogP contribution is -2.38. The second kappa shape index (κ2) is 9.15. The highest BCUT2D eigenvalue weighted by atomic mass is 32.2. The second-order valence-electron chi connectivity index (χ2n) is 9.11. The van der Waals surface area contributed by atoms with Crippen molar-refractivity contribution in [3.05, 3.63) is 70.7 Å². The molecular weight excluding hydrogens is 458 g/mol. The number of rotatable bonds is 7. The average molecular weight is 488 g/mol. The number of thiazole rings is 1. The first-order valence-electron chi connectivity index (χ1n) is 10.7. The molecule has 0 fully saturated rings. The Morgan fingerprint density at radius 2 is 1.88 bits per heavy atom. The van der Waals surface area contributed by atoms with Gasteiger partial charge in [0.25, 0.3) is 15.9 Å². The van der Waals surface area contributed by atoms with Gasteiger partial charge in [0.15, 0.2) is 11.7 Å². The number of nitrogens with one attached hydrogen (secondary N) is 2. The van der Waals surface area contributed by atoms with Crippen molar-refractivity contribution in [2.45, 2.75) is 50.0 Å². The van der Waals surface area contributed by atoms with E-state index in [1.54, 1.807) is 23.7 Å². The average Bonchev–Trinajstić information content (AvgIpc) is 3.40. The minimum atomic E-state index is -3.71. The fourth-order valence-corrected chi connectivity index (χ4v) is 5.62. The first-order valence-corrected chi connectivity index (χ1v) is 13.0. The van der Waals surface area contributed by atoms with Gasteiger partial charge in [-0.25, -0.2) is 13.4 Å². The van der Waals surface area contributed by atoms with E-state index in [9.17, 15) is 13.2 Å². The minimum Gasteiger partial charge on any atom is -0.484 e. The van der Waals surface area contributed by atoms with Gasteiger partial charge in [-0.15, -0.1) is 11.3 Å². The van der Waals surface area contributed by atoms with E-state index < -0.39 is 10.0 Å². The maximum Gasteiger partial charge on any atom is 0.263 e.